The Balaban J connectivity index is 0.000000593. The summed E-state index contributed by atoms with van der Waals surface area (Å²) in [7, 11) is 1.45. The zero-order valence-corrected chi connectivity index (χ0v) is 13.7. The number of nitrogens with zero attached hydrogens (tertiary/aromatic N) is 1. The molecule has 23 heavy (non-hydrogen) atoms. The molecular weight excluding hydrogens is 322 g/mol. The molecule has 1 aromatic heterocycles. The summed E-state index contributed by atoms with van der Waals surface area (Å²) in [4.78, 5) is 45.2. The molecule has 0 aromatic carbocycles. The number of carbonyl (C=O) groups is 4. The third kappa shape index (κ3) is 4.52. The van der Waals surface area contributed by atoms with Crippen LogP contribution in [0.15, 0.2) is 11.0 Å². The largest absolute Gasteiger partial charge is 0.481 e. The lowest BCUT2D eigenvalue weighted by Crippen LogP contribution is -2.23. The van der Waals surface area contributed by atoms with Crippen molar-refractivity contribution in [1.82, 2.24) is 15.5 Å². The first kappa shape index (κ1) is 18.6. The summed E-state index contributed by atoms with van der Waals surface area (Å²) in [6, 6.07) is 0. The summed E-state index contributed by atoms with van der Waals surface area (Å²) >= 11 is 1.32. The first-order chi connectivity index (χ1) is 10.8. The third-order valence-corrected chi connectivity index (χ3v) is 3.86. The maximum atomic E-state index is 12.3. The van der Waals surface area contributed by atoms with Gasteiger partial charge in [-0.05, 0) is 12.2 Å². The van der Waals surface area contributed by atoms with Gasteiger partial charge >= 0.3 is 0 Å². The second-order valence-corrected chi connectivity index (χ2v) is 5.61. The first-order valence-corrected chi connectivity index (χ1v) is 7.75. The number of Topliss-reactive ketones (excluding diaryl/α,β-unsaturated/α-hetero) is 1. The van der Waals surface area contributed by atoms with Gasteiger partial charge in [0.15, 0.2) is 0 Å². The van der Waals surface area contributed by atoms with E-state index in [1.54, 1.807) is 0 Å². The summed E-state index contributed by atoms with van der Waals surface area (Å²) in [6.45, 7) is 3.07. The van der Waals surface area contributed by atoms with Crippen molar-refractivity contribution in [2.24, 2.45) is 0 Å². The Hall–Kier alpha value is -2.42. The normalized spacial score (nSPS) is 12.7. The molecule has 1 amide bonds. The number of hydrogen-bond acceptors (Lipinski definition) is 6. The Morgan fingerprint density at radius 1 is 1.39 bits per heavy atom. The first-order valence-electron chi connectivity index (χ1n) is 6.76. The van der Waals surface area contributed by atoms with E-state index >= 15 is 0 Å². The van der Waals surface area contributed by atoms with E-state index in [2.05, 4.69) is 15.5 Å². The minimum absolute atomic E-state index is 0.0180. The third-order valence-electron chi connectivity index (χ3n) is 2.63. The number of aromatic amines is 1. The van der Waals surface area contributed by atoms with Gasteiger partial charge in [-0.1, -0.05) is 6.92 Å². The number of hydrogen-bond donors (Lipinski definition) is 3. The molecule has 1 aliphatic rings. The van der Waals surface area contributed by atoms with Crippen LogP contribution in [-0.2, 0) is 4.79 Å². The Bertz CT molecular complexity index is 674. The number of fused-ring (bicyclic) bond motifs is 1. The van der Waals surface area contributed by atoms with Crippen molar-refractivity contribution in [3.63, 3.8) is 0 Å². The van der Waals surface area contributed by atoms with Crippen LogP contribution in [0.3, 0.4) is 0 Å². The minimum Gasteiger partial charge on any atom is -0.481 e. The lowest BCUT2D eigenvalue weighted by Gasteiger charge is -2.11. The van der Waals surface area contributed by atoms with Crippen LogP contribution in [0.25, 0.3) is 0 Å². The van der Waals surface area contributed by atoms with Crippen LogP contribution in [-0.4, -0.2) is 51.5 Å². The Morgan fingerprint density at radius 2 is 2.00 bits per heavy atom. The van der Waals surface area contributed by atoms with Gasteiger partial charge in [-0.3, -0.25) is 24.3 Å². The van der Waals surface area contributed by atoms with E-state index in [0.717, 1.165) is 19.1 Å². The molecule has 0 atom stereocenters. The summed E-state index contributed by atoms with van der Waals surface area (Å²) < 4.78 is 0. The molecule has 0 saturated carbocycles. The summed E-state index contributed by atoms with van der Waals surface area (Å²) in [5.41, 5.74) is 0.133. The molecule has 1 aromatic rings. The van der Waals surface area contributed by atoms with Gasteiger partial charge in [-0.15, -0.1) is 11.8 Å². The molecule has 9 heteroatoms. The summed E-state index contributed by atoms with van der Waals surface area (Å²) in [5.74, 6) is -1.22. The molecule has 0 unspecified atom stereocenters. The number of allylic oxidation sites excluding steroid dienone is 2. The molecule has 1 aliphatic carbocycles. The number of rotatable bonds is 4. The van der Waals surface area contributed by atoms with Gasteiger partial charge in [0.1, 0.15) is 11.4 Å². The highest BCUT2D eigenvalue weighted by Gasteiger charge is 2.33. The average molecular weight is 339 g/mol. The molecule has 3 N–H and O–H groups in total. The maximum absolute atomic E-state index is 12.3. The van der Waals surface area contributed by atoms with Crippen LogP contribution in [0.4, 0.5) is 0 Å². The number of H-pyrrole nitrogens is 1. The molecule has 0 saturated heterocycles. The van der Waals surface area contributed by atoms with Crippen molar-refractivity contribution in [1.29, 1.82) is 0 Å². The molecule has 1 heterocycles. The number of carbonyl (C=O) groups excluding carboxylic acids is 3. The number of amides is 1. The minimum atomic E-state index is -0.833. The van der Waals surface area contributed by atoms with Crippen molar-refractivity contribution in [3.05, 3.63) is 27.9 Å². The summed E-state index contributed by atoms with van der Waals surface area (Å²) in [6.07, 6.45) is 2.18. The SMILES string of the molecule is CC(=O)O.CCCSC1=CC(=O)c2n[nH]c(C(=O)NC)c2C1=O. The zero-order valence-electron chi connectivity index (χ0n) is 12.9. The molecule has 8 nitrogen and oxygen atoms in total. The van der Waals surface area contributed by atoms with Crippen molar-refractivity contribution >= 4 is 35.2 Å². The Morgan fingerprint density at radius 3 is 2.52 bits per heavy atom. The number of thioether (sulfide) groups is 1. The van der Waals surface area contributed by atoms with Crippen molar-refractivity contribution in [3.8, 4) is 0 Å². The van der Waals surface area contributed by atoms with E-state index in [0.29, 0.717) is 4.91 Å². The fourth-order valence-corrected chi connectivity index (χ4v) is 2.57. The standard InChI is InChI=1S/C12H13N3O3S.C2H4O2/c1-3-4-19-7-5-6(16)9-8(11(7)17)10(15-14-9)12(18)13-2;1-2(3)4/h5H,3-4H2,1-2H3,(H,13,18)(H,14,15);1H3,(H,3,4). The van der Waals surface area contributed by atoms with Gasteiger partial charge in [0.05, 0.1) is 10.5 Å². The van der Waals surface area contributed by atoms with E-state index in [1.165, 1.54) is 24.9 Å². The van der Waals surface area contributed by atoms with Crippen LogP contribution in [0, 0.1) is 0 Å². The lowest BCUT2D eigenvalue weighted by molar-refractivity contribution is -0.134. The van der Waals surface area contributed by atoms with E-state index in [4.69, 9.17) is 9.90 Å². The Labute approximate surface area is 136 Å². The Kier molecular flexibility index (Phi) is 6.70. The van der Waals surface area contributed by atoms with Crippen LogP contribution < -0.4 is 5.32 Å². The highest BCUT2D eigenvalue weighted by Crippen LogP contribution is 2.29. The van der Waals surface area contributed by atoms with Gasteiger partial charge in [0, 0.05) is 20.0 Å². The molecule has 0 radical (unpaired) electrons. The number of carboxylic acids is 1. The quantitative estimate of drug-likeness (QED) is 0.753. The predicted molar refractivity (Wildman–Crippen MR) is 84.8 cm³/mol. The predicted octanol–water partition coefficient (Wildman–Crippen LogP) is 1.27. The van der Waals surface area contributed by atoms with Gasteiger partial charge in [0.25, 0.3) is 11.9 Å². The van der Waals surface area contributed by atoms with Crippen LogP contribution in [0.2, 0.25) is 0 Å². The maximum Gasteiger partial charge on any atom is 0.300 e. The molecule has 0 fully saturated rings. The van der Waals surface area contributed by atoms with Gasteiger partial charge in [-0.2, -0.15) is 5.10 Å². The van der Waals surface area contributed by atoms with Crippen molar-refractivity contribution in [2.45, 2.75) is 20.3 Å². The fourth-order valence-electron chi connectivity index (χ4n) is 1.73. The van der Waals surface area contributed by atoms with Gasteiger partial charge in [0.2, 0.25) is 11.6 Å². The van der Waals surface area contributed by atoms with Crippen LogP contribution in [0.1, 0.15) is 51.6 Å². The van der Waals surface area contributed by atoms with Crippen molar-refractivity contribution < 1.29 is 24.3 Å². The molecular formula is C14H17N3O5S. The topological polar surface area (TPSA) is 129 Å². The molecule has 124 valence electrons. The second-order valence-electron chi connectivity index (χ2n) is 4.47. The highest BCUT2D eigenvalue weighted by atomic mass is 32.2. The zero-order chi connectivity index (χ0) is 17.6. The monoisotopic (exact) mass is 339 g/mol. The number of aromatic nitrogens is 2. The smallest absolute Gasteiger partial charge is 0.300 e. The fraction of sp³-hybridized carbons (Fsp3) is 0.357. The molecule has 0 aliphatic heterocycles. The second kappa shape index (κ2) is 8.28. The molecule has 2 rings (SSSR count). The average Bonchev–Trinajstić information content (AvgIpc) is 2.93. The van der Waals surface area contributed by atoms with E-state index < -0.39 is 11.9 Å². The van der Waals surface area contributed by atoms with Gasteiger partial charge < -0.3 is 10.4 Å². The molecule has 0 spiro atoms. The number of carboxylic acid groups (broad SMARTS) is 1. The number of aliphatic carboxylic acids is 1. The van der Waals surface area contributed by atoms with Gasteiger partial charge in [-0.25, -0.2) is 0 Å². The molecule has 0 bridgehead atoms. The van der Waals surface area contributed by atoms with Crippen LogP contribution in [0.5, 0.6) is 0 Å². The van der Waals surface area contributed by atoms with E-state index in [-0.39, 0.29) is 28.5 Å². The number of nitrogens with one attached hydrogen (secondary N) is 2. The van der Waals surface area contributed by atoms with E-state index in [1.807, 2.05) is 6.92 Å². The van der Waals surface area contributed by atoms with Crippen molar-refractivity contribution in [2.75, 3.05) is 12.8 Å². The lowest BCUT2D eigenvalue weighted by atomic mass is 9.99. The highest BCUT2D eigenvalue weighted by molar-refractivity contribution is 8.04. The van der Waals surface area contributed by atoms with Crippen LogP contribution >= 0.6 is 11.8 Å². The van der Waals surface area contributed by atoms with E-state index in [9.17, 15) is 14.4 Å². The number of ketones is 2. The summed E-state index contributed by atoms with van der Waals surface area (Å²) in [5, 5.41) is 16.0.